The number of carbonyl (C=O) groups excluding carboxylic acids is 2. The molecule has 0 spiro atoms. The van der Waals surface area contributed by atoms with Crippen molar-refractivity contribution < 1.29 is 9.59 Å². The fourth-order valence-electron chi connectivity index (χ4n) is 2.59. The van der Waals surface area contributed by atoms with E-state index in [4.69, 9.17) is 5.73 Å². The maximum absolute atomic E-state index is 12.4. The van der Waals surface area contributed by atoms with Gasteiger partial charge in [0.05, 0.1) is 18.0 Å². The van der Waals surface area contributed by atoms with Gasteiger partial charge in [-0.05, 0) is 25.3 Å². The SMILES string of the molecule is CCC(CC)(CN)NC(=O)CC(NC(C)=O)c1ccc(C)cc1. The Morgan fingerprint density at radius 2 is 1.74 bits per heavy atom. The molecule has 0 aliphatic carbocycles. The molecular formula is C18H29N3O2. The molecule has 0 aliphatic rings. The second-order valence-electron chi connectivity index (χ2n) is 6.11. The van der Waals surface area contributed by atoms with Crippen LogP contribution >= 0.6 is 0 Å². The maximum Gasteiger partial charge on any atom is 0.222 e. The first-order chi connectivity index (χ1) is 10.9. The summed E-state index contributed by atoms with van der Waals surface area (Å²) >= 11 is 0. The third-order valence-corrected chi connectivity index (χ3v) is 4.40. The monoisotopic (exact) mass is 319 g/mol. The second-order valence-corrected chi connectivity index (χ2v) is 6.11. The molecule has 0 aromatic heterocycles. The van der Waals surface area contributed by atoms with Gasteiger partial charge in [-0.1, -0.05) is 43.7 Å². The summed E-state index contributed by atoms with van der Waals surface area (Å²) in [6.45, 7) is 7.90. The van der Waals surface area contributed by atoms with Crippen molar-refractivity contribution in [1.82, 2.24) is 10.6 Å². The molecule has 1 unspecified atom stereocenters. The van der Waals surface area contributed by atoms with E-state index in [0.717, 1.165) is 24.0 Å². The van der Waals surface area contributed by atoms with Gasteiger partial charge in [-0.15, -0.1) is 0 Å². The van der Waals surface area contributed by atoms with Gasteiger partial charge in [0.25, 0.3) is 0 Å². The molecule has 5 nitrogen and oxygen atoms in total. The van der Waals surface area contributed by atoms with Crippen LogP contribution in [-0.4, -0.2) is 23.9 Å². The molecule has 128 valence electrons. The van der Waals surface area contributed by atoms with Gasteiger partial charge in [0.2, 0.25) is 11.8 Å². The highest BCUT2D eigenvalue weighted by Gasteiger charge is 2.27. The van der Waals surface area contributed by atoms with E-state index in [9.17, 15) is 9.59 Å². The van der Waals surface area contributed by atoms with Crippen LogP contribution in [0.5, 0.6) is 0 Å². The summed E-state index contributed by atoms with van der Waals surface area (Å²) in [7, 11) is 0. The molecule has 0 saturated heterocycles. The quantitative estimate of drug-likeness (QED) is 0.687. The lowest BCUT2D eigenvalue weighted by molar-refractivity contribution is -0.124. The first kappa shape index (κ1) is 19.2. The second kappa shape index (κ2) is 8.67. The number of hydrogen-bond donors (Lipinski definition) is 3. The van der Waals surface area contributed by atoms with E-state index >= 15 is 0 Å². The number of benzene rings is 1. The Hall–Kier alpha value is -1.88. The van der Waals surface area contributed by atoms with Crippen LogP contribution < -0.4 is 16.4 Å². The van der Waals surface area contributed by atoms with Crippen molar-refractivity contribution in [3.05, 3.63) is 35.4 Å². The number of rotatable bonds is 8. The highest BCUT2D eigenvalue weighted by atomic mass is 16.2. The van der Waals surface area contributed by atoms with Crippen LogP contribution in [0.1, 0.15) is 57.2 Å². The minimum Gasteiger partial charge on any atom is -0.349 e. The van der Waals surface area contributed by atoms with E-state index in [0.29, 0.717) is 6.54 Å². The fourth-order valence-corrected chi connectivity index (χ4v) is 2.59. The van der Waals surface area contributed by atoms with E-state index in [1.165, 1.54) is 6.92 Å². The highest BCUT2D eigenvalue weighted by Crippen LogP contribution is 2.19. The molecule has 1 rings (SSSR count). The van der Waals surface area contributed by atoms with Gasteiger partial charge in [0.15, 0.2) is 0 Å². The molecular weight excluding hydrogens is 290 g/mol. The zero-order valence-electron chi connectivity index (χ0n) is 14.6. The van der Waals surface area contributed by atoms with Crippen LogP contribution in [0.25, 0.3) is 0 Å². The maximum atomic E-state index is 12.4. The number of nitrogens with one attached hydrogen (secondary N) is 2. The van der Waals surface area contributed by atoms with Gasteiger partial charge in [0, 0.05) is 13.5 Å². The molecule has 1 aromatic rings. The Bertz CT molecular complexity index is 513. The first-order valence-electron chi connectivity index (χ1n) is 8.20. The molecule has 0 aliphatic heterocycles. The molecule has 1 atom stereocenters. The highest BCUT2D eigenvalue weighted by molar-refractivity contribution is 5.79. The molecule has 0 bridgehead atoms. The Labute approximate surface area is 139 Å². The average molecular weight is 319 g/mol. The Balaban J connectivity index is 2.86. The smallest absolute Gasteiger partial charge is 0.222 e. The van der Waals surface area contributed by atoms with Gasteiger partial charge in [-0.25, -0.2) is 0 Å². The van der Waals surface area contributed by atoms with Crippen LogP contribution in [0.2, 0.25) is 0 Å². The van der Waals surface area contributed by atoms with E-state index in [1.54, 1.807) is 0 Å². The molecule has 5 heteroatoms. The van der Waals surface area contributed by atoms with Crippen LogP contribution in [0.3, 0.4) is 0 Å². The van der Waals surface area contributed by atoms with Crippen molar-refractivity contribution in [3.63, 3.8) is 0 Å². The lowest BCUT2D eigenvalue weighted by Gasteiger charge is -2.32. The van der Waals surface area contributed by atoms with Crippen molar-refractivity contribution in [3.8, 4) is 0 Å². The molecule has 4 N–H and O–H groups in total. The van der Waals surface area contributed by atoms with Crippen LogP contribution in [0.4, 0.5) is 0 Å². The predicted molar refractivity (Wildman–Crippen MR) is 92.9 cm³/mol. The number of carbonyl (C=O) groups is 2. The number of aryl methyl sites for hydroxylation is 1. The van der Waals surface area contributed by atoms with Gasteiger partial charge in [-0.2, -0.15) is 0 Å². The average Bonchev–Trinajstić information content (AvgIpc) is 2.52. The third-order valence-electron chi connectivity index (χ3n) is 4.40. The van der Waals surface area contributed by atoms with E-state index in [1.807, 2.05) is 45.0 Å². The summed E-state index contributed by atoms with van der Waals surface area (Å²) in [5.41, 5.74) is 7.52. The lowest BCUT2D eigenvalue weighted by atomic mass is 9.92. The van der Waals surface area contributed by atoms with Gasteiger partial charge in [-0.3, -0.25) is 9.59 Å². The topological polar surface area (TPSA) is 84.2 Å². The molecule has 0 fully saturated rings. The molecule has 2 amide bonds. The number of hydrogen-bond acceptors (Lipinski definition) is 3. The summed E-state index contributed by atoms with van der Waals surface area (Å²) in [5, 5.41) is 5.90. The van der Waals surface area contributed by atoms with Crippen molar-refractivity contribution >= 4 is 11.8 Å². The summed E-state index contributed by atoms with van der Waals surface area (Å²) in [4.78, 5) is 23.9. The molecule has 23 heavy (non-hydrogen) atoms. The van der Waals surface area contributed by atoms with E-state index < -0.39 is 0 Å². The zero-order chi connectivity index (χ0) is 17.5. The molecule has 0 radical (unpaired) electrons. The Morgan fingerprint density at radius 3 is 2.17 bits per heavy atom. The fraction of sp³-hybridized carbons (Fsp3) is 0.556. The van der Waals surface area contributed by atoms with Crippen LogP contribution in [0.15, 0.2) is 24.3 Å². The summed E-state index contributed by atoms with van der Waals surface area (Å²) < 4.78 is 0. The van der Waals surface area contributed by atoms with E-state index in [-0.39, 0.29) is 29.8 Å². The minimum atomic E-state index is -0.370. The van der Waals surface area contributed by atoms with Crippen molar-refractivity contribution in [2.45, 2.75) is 58.5 Å². The standard InChI is InChI=1S/C18H29N3O2/c1-5-18(6-2,12-19)21-17(23)11-16(20-14(4)22)15-9-7-13(3)8-10-15/h7-10,16H,5-6,11-12,19H2,1-4H3,(H,20,22)(H,21,23). The number of nitrogens with two attached hydrogens (primary N) is 1. The predicted octanol–water partition coefficient (Wildman–Crippen LogP) is 2.20. The minimum absolute atomic E-state index is 0.0986. The third kappa shape index (κ3) is 5.67. The Morgan fingerprint density at radius 1 is 1.17 bits per heavy atom. The van der Waals surface area contributed by atoms with Gasteiger partial charge in [0.1, 0.15) is 0 Å². The van der Waals surface area contributed by atoms with Crippen molar-refractivity contribution in [2.24, 2.45) is 5.73 Å². The molecule has 0 heterocycles. The van der Waals surface area contributed by atoms with Gasteiger partial charge >= 0.3 is 0 Å². The van der Waals surface area contributed by atoms with E-state index in [2.05, 4.69) is 10.6 Å². The van der Waals surface area contributed by atoms with Crippen molar-refractivity contribution in [1.29, 1.82) is 0 Å². The summed E-state index contributed by atoms with van der Waals surface area (Å²) in [6.07, 6.45) is 1.76. The lowest BCUT2D eigenvalue weighted by Crippen LogP contribution is -2.53. The van der Waals surface area contributed by atoms with Crippen LogP contribution in [0, 0.1) is 6.92 Å². The summed E-state index contributed by atoms with van der Waals surface area (Å²) in [6, 6.07) is 7.50. The number of amides is 2. The van der Waals surface area contributed by atoms with Gasteiger partial charge < -0.3 is 16.4 Å². The van der Waals surface area contributed by atoms with Crippen LogP contribution in [-0.2, 0) is 9.59 Å². The molecule has 1 aromatic carbocycles. The Kier molecular flexibility index (Phi) is 7.23. The normalized spacial score (nSPS) is 12.6. The largest absolute Gasteiger partial charge is 0.349 e. The molecule has 0 saturated carbocycles. The first-order valence-corrected chi connectivity index (χ1v) is 8.20. The summed E-state index contributed by atoms with van der Waals surface area (Å²) in [5.74, 6) is -0.252. The zero-order valence-corrected chi connectivity index (χ0v) is 14.6. The van der Waals surface area contributed by atoms with Crippen molar-refractivity contribution in [2.75, 3.05) is 6.54 Å².